The Bertz CT molecular complexity index is 402. The fraction of sp³-hybridized carbons (Fsp3) is 0.417. The van der Waals surface area contributed by atoms with Gasteiger partial charge in [-0.1, -0.05) is 12.1 Å². The average Bonchev–Trinajstić information content (AvgIpc) is 2.83. The van der Waals surface area contributed by atoms with Crippen LogP contribution in [0.5, 0.6) is 0 Å². The quantitative estimate of drug-likeness (QED) is 0.851. The molecule has 1 atom stereocenters. The van der Waals surface area contributed by atoms with Crippen LogP contribution in [-0.4, -0.2) is 37.7 Å². The van der Waals surface area contributed by atoms with Crippen molar-refractivity contribution in [3.05, 3.63) is 24.3 Å². The molecule has 0 aliphatic carbocycles. The first-order chi connectivity index (χ1) is 8.18. The molecule has 0 aromatic heterocycles. The number of para-hydroxylation sites is 2. The second kappa shape index (κ2) is 5.42. The zero-order valence-corrected chi connectivity index (χ0v) is 10.9. The number of anilines is 2. The fourth-order valence-corrected chi connectivity index (χ4v) is 2.69. The maximum Gasteiger partial charge on any atom is 0.242 e. The standard InChI is InChI=1S/C12H17N3OS/c1-15(2)11-6-4-3-5-9(11)14-12(16)10-7-17-8-13-10/h3-6,10,13H,7-8H2,1-2H3,(H,14,16). The average molecular weight is 251 g/mol. The zero-order chi connectivity index (χ0) is 12.3. The highest BCUT2D eigenvalue weighted by molar-refractivity contribution is 7.99. The van der Waals surface area contributed by atoms with Gasteiger partial charge in [0.05, 0.1) is 17.4 Å². The van der Waals surface area contributed by atoms with Crippen LogP contribution in [0, 0.1) is 0 Å². The lowest BCUT2D eigenvalue weighted by Gasteiger charge is -2.19. The van der Waals surface area contributed by atoms with Crippen molar-refractivity contribution >= 4 is 29.0 Å². The van der Waals surface area contributed by atoms with E-state index in [0.717, 1.165) is 23.0 Å². The van der Waals surface area contributed by atoms with Crippen molar-refractivity contribution in [2.24, 2.45) is 0 Å². The summed E-state index contributed by atoms with van der Waals surface area (Å²) in [6.45, 7) is 0. The Morgan fingerprint density at radius 2 is 2.24 bits per heavy atom. The third-order valence-corrected chi connectivity index (χ3v) is 3.62. The van der Waals surface area contributed by atoms with E-state index in [1.165, 1.54) is 0 Å². The minimum absolute atomic E-state index is 0.0456. The Morgan fingerprint density at radius 1 is 1.47 bits per heavy atom. The summed E-state index contributed by atoms with van der Waals surface area (Å²) < 4.78 is 0. The van der Waals surface area contributed by atoms with Crippen LogP contribution in [0.1, 0.15) is 0 Å². The molecule has 2 rings (SSSR count). The smallest absolute Gasteiger partial charge is 0.242 e. The minimum Gasteiger partial charge on any atom is -0.376 e. The second-order valence-corrected chi connectivity index (χ2v) is 5.20. The molecule has 0 spiro atoms. The van der Waals surface area contributed by atoms with Crippen molar-refractivity contribution in [3.8, 4) is 0 Å². The number of carbonyl (C=O) groups is 1. The summed E-state index contributed by atoms with van der Waals surface area (Å²) in [6, 6.07) is 7.74. The van der Waals surface area contributed by atoms with Crippen LogP contribution in [0.4, 0.5) is 11.4 Å². The van der Waals surface area contributed by atoms with E-state index >= 15 is 0 Å². The number of amides is 1. The zero-order valence-electron chi connectivity index (χ0n) is 10.1. The van der Waals surface area contributed by atoms with Crippen molar-refractivity contribution in [2.75, 3.05) is 35.9 Å². The van der Waals surface area contributed by atoms with E-state index in [4.69, 9.17) is 0 Å². The van der Waals surface area contributed by atoms with Crippen LogP contribution in [0.15, 0.2) is 24.3 Å². The summed E-state index contributed by atoms with van der Waals surface area (Å²) in [5.74, 6) is 1.74. The summed E-state index contributed by atoms with van der Waals surface area (Å²) in [5, 5.41) is 6.14. The first kappa shape index (κ1) is 12.3. The van der Waals surface area contributed by atoms with Gasteiger partial charge < -0.3 is 10.2 Å². The minimum atomic E-state index is -0.0739. The molecule has 2 N–H and O–H groups in total. The fourth-order valence-electron chi connectivity index (χ4n) is 1.75. The molecule has 1 saturated heterocycles. The van der Waals surface area contributed by atoms with Gasteiger partial charge in [0.2, 0.25) is 5.91 Å². The van der Waals surface area contributed by atoms with Gasteiger partial charge in [-0.15, -0.1) is 11.8 Å². The van der Waals surface area contributed by atoms with E-state index in [-0.39, 0.29) is 11.9 Å². The number of hydrogen-bond acceptors (Lipinski definition) is 4. The summed E-state index contributed by atoms with van der Waals surface area (Å²) >= 11 is 1.75. The van der Waals surface area contributed by atoms with Crippen LogP contribution in [0.3, 0.4) is 0 Å². The number of nitrogens with one attached hydrogen (secondary N) is 2. The highest BCUT2D eigenvalue weighted by Gasteiger charge is 2.23. The summed E-state index contributed by atoms with van der Waals surface area (Å²) in [5.41, 5.74) is 1.88. The van der Waals surface area contributed by atoms with Crippen LogP contribution in [-0.2, 0) is 4.79 Å². The number of benzene rings is 1. The Balaban J connectivity index is 2.09. The maximum absolute atomic E-state index is 12.0. The number of nitrogens with zero attached hydrogens (tertiary/aromatic N) is 1. The van der Waals surface area contributed by atoms with E-state index in [1.807, 2.05) is 43.3 Å². The molecule has 1 heterocycles. The molecular formula is C12H17N3OS. The van der Waals surface area contributed by atoms with E-state index < -0.39 is 0 Å². The van der Waals surface area contributed by atoms with Gasteiger partial charge in [0, 0.05) is 25.7 Å². The molecule has 1 aromatic carbocycles. The number of rotatable bonds is 3. The Morgan fingerprint density at radius 3 is 2.88 bits per heavy atom. The molecule has 1 amide bonds. The van der Waals surface area contributed by atoms with Crippen molar-refractivity contribution < 1.29 is 4.79 Å². The van der Waals surface area contributed by atoms with Gasteiger partial charge in [-0.3, -0.25) is 10.1 Å². The van der Waals surface area contributed by atoms with Gasteiger partial charge in [-0.05, 0) is 12.1 Å². The van der Waals surface area contributed by atoms with Gasteiger partial charge in [0.25, 0.3) is 0 Å². The van der Waals surface area contributed by atoms with Gasteiger partial charge >= 0.3 is 0 Å². The largest absolute Gasteiger partial charge is 0.376 e. The third-order valence-electron chi connectivity index (χ3n) is 2.68. The predicted molar refractivity (Wildman–Crippen MR) is 73.6 cm³/mol. The van der Waals surface area contributed by atoms with Crippen molar-refractivity contribution in [2.45, 2.75) is 6.04 Å². The van der Waals surface area contributed by atoms with Crippen LogP contribution in [0.2, 0.25) is 0 Å². The maximum atomic E-state index is 12.0. The number of thioether (sulfide) groups is 1. The van der Waals surface area contributed by atoms with E-state index in [0.29, 0.717) is 0 Å². The third kappa shape index (κ3) is 2.92. The molecule has 0 saturated carbocycles. The first-order valence-corrected chi connectivity index (χ1v) is 6.72. The molecule has 1 unspecified atom stereocenters. The molecule has 4 nitrogen and oxygen atoms in total. The van der Waals surface area contributed by atoms with Crippen molar-refractivity contribution in [3.63, 3.8) is 0 Å². The normalized spacial score (nSPS) is 19.1. The van der Waals surface area contributed by atoms with Crippen LogP contribution < -0.4 is 15.5 Å². The molecule has 17 heavy (non-hydrogen) atoms. The summed E-state index contributed by atoms with van der Waals surface area (Å²) in [7, 11) is 3.93. The molecular weight excluding hydrogens is 234 g/mol. The SMILES string of the molecule is CN(C)c1ccccc1NC(=O)C1CSCN1. The molecule has 1 fully saturated rings. The van der Waals surface area contributed by atoms with Crippen molar-refractivity contribution in [1.29, 1.82) is 0 Å². The Hall–Kier alpha value is -1.20. The molecule has 0 radical (unpaired) electrons. The summed E-state index contributed by atoms with van der Waals surface area (Å²) in [4.78, 5) is 14.0. The van der Waals surface area contributed by atoms with Gasteiger partial charge in [-0.2, -0.15) is 0 Å². The molecule has 1 aromatic rings. The first-order valence-electron chi connectivity index (χ1n) is 5.57. The lowest BCUT2D eigenvalue weighted by atomic mass is 10.2. The van der Waals surface area contributed by atoms with Crippen molar-refractivity contribution in [1.82, 2.24) is 5.32 Å². The topological polar surface area (TPSA) is 44.4 Å². The van der Waals surface area contributed by atoms with Gasteiger partial charge in [-0.25, -0.2) is 0 Å². The van der Waals surface area contributed by atoms with Gasteiger partial charge in [0.1, 0.15) is 0 Å². The van der Waals surface area contributed by atoms with Crippen LogP contribution in [0.25, 0.3) is 0 Å². The molecule has 0 bridgehead atoms. The number of hydrogen-bond donors (Lipinski definition) is 2. The second-order valence-electron chi connectivity index (χ2n) is 4.17. The van der Waals surface area contributed by atoms with E-state index in [1.54, 1.807) is 11.8 Å². The lowest BCUT2D eigenvalue weighted by Crippen LogP contribution is -2.37. The summed E-state index contributed by atoms with van der Waals surface area (Å²) in [6.07, 6.45) is 0. The highest BCUT2D eigenvalue weighted by Crippen LogP contribution is 2.24. The van der Waals surface area contributed by atoms with E-state index in [2.05, 4.69) is 10.6 Å². The Kier molecular flexibility index (Phi) is 3.91. The molecule has 5 heteroatoms. The Labute approximate surface area is 106 Å². The predicted octanol–water partition coefficient (Wildman–Crippen LogP) is 1.35. The van der Waals surface area contributed by atoms with Crippen LogP contribution >= 0.6 is 11.8 Å². The lowest BCUT2D eigenvalue weighted by molar-refractivity contribution is -0.117. The molecule has 1 aliphatic rings. The van der Waals surface area contributed by atoms with E-state index in [9.17, 15) is 4.79 Å². The van der Waals surface area contributed by atoms with Gasteiger partial charge in [0.15, 0.2) is 0 Å². The molecule has 1 aliphatic heterocycles. The molecule has 92 valence electrons. The number of carbonyl (C=O) groups excluding carboxylic acids is 1. The highest BCUT2D eigenvalue weighted by atomic mass is 32.2. The monoisotopic (exact) mass is 251 g/mol.